The lowest BCUT2D eigenvalue weighted by Gasteiger charge is -2.11. The summed E-state index contributed by atoms with van der Waals surface area (Å²) < 4.78 is 32.9. The van der Waals surface area contributed by atoms with Crippen molar-refractivity contribution >= 4 is 17.5 Å². The number of nitrogens with zero attached hydrogens (tertiary/aromatic N) is 5. The second-order valence-electron chi connectivity index (χ2n) is 7.28. The second kappa shape index (κ2) is 9.53. The average molecular weight is 470 g/mol. The first-order chi connectivity index (χ1) is 15.8. The molecule has 7 nitrogen and oxygen atoms in total. The van der Waals surface area contributed by atoms with Gasteiger partial charge in [-0.05, 0) is 56.3 Å². The summed E-state index contributed by atoms with van der Waals surface area (Å²) in [6.07, 6.45) is 1.69. The number of thioether (sulfide) groups is 1. The number of hydrogen-bond acceptors (Lipinski definition) is 6. The molecule has 0 saturated carbocycles. The molecule has 0 aliphatic carbocycles. The Morgan fingerprint density at radius 2 is 1.88 bits per heavy atom. The van der Waals surface area contributed by atoms with Crippen molar-refractivity contribution in [1.82, 2.24) is 24.3 Å². The number of pyridine rings is 1. The molecule has 1 aromatic carbocycles. The Labute approximate surface area is 193 Å². The number of ether oxygens (including phenoxy) is 1. The minimum absolute atomic E-state index is 0.0422. The van der Waals surface area contributed by atoms with E-state index in [-0.39, 0.29) is 17.3 Å². The standard InChI is InChI=1S/C23H21F2N5O2S/c1-14-12-18(15(2)30(14)16-7-9-17(10-8-16)32-22(24)25)20(31)13-33-23-28-27-21(29(23)3)19-6-4-5-11-26-19/h4-12,22H,13H2,1-3H3. The van der Waals surface area contributed by atoms with Gasteiger partial charge in [-0.2, -0.15) is 8.78 Å². The van der Waals surface area contributed by atoms with Gasteiger partial charge in [0.05, 0.1) is 5.75 Å². The van der Waals surface area contributed by atoms with E-state index in [1.165, 1.54) is 23.9 Å². The number of halogens is 2. The second-order valence-corrected chi connectivity index (χ2v) is 8.23. The van der Waals surface area contributed by atoms with Gasteiger partial charge in [-0.1, -0.05) is 17.8 Å². The van der Waals surface area contributed by atoms with Gasteiger partial charge in [0.25, 0.3) is 0 Å². The molecule has 4 aromatic rings. The summed E-state index contributed by atoms with van der Waals surface area (Å²) in [5.41, 5.74) is 3.69. The molecule has 0 aliphatic heterocycles. The zero-order chi connectivity index (χ0) is 23.5. The maximum atomic E-state index is 13.0. The molecule has 3 heterocycles. The molecule has 0 amide bonds. The van der Waals surface area contributed by atoms with Gasteiger partial charge in [-0.3, -0.25) is 9.78 Å². The van der Waals surface area contributed by atoms with Crippen molar-refractivity contribution in [2.75, 3.05) is 5.75 Å². The highest BCUT2D eigenvalue weighted by Gasteiger charge is 2.19. The summed E-state index contributed by atoms with van der Waals surface area (Å²) in [5, 5.41) is 9.00. The highest BCUT2D eigenvalue weighted by molar-refractivity contribution is 7.99. The summed E-state index contributed by atoms with van der Waals surface area (Å²) >= 11 is 1.31. The monoisotopic (exact) mass is 469 g/mol. The van der Waals surface area contributed by atoms with Gasteiger partial charge < -0.3 is 13.9 Å². The summed E-state index contributed by atoms with van der Waals surface area (Å²) in [7, 11) is 1.84. The number of hydrogen-bond donors (Lipinski definition) is 0. The van der Waals surface area contributed by atoms with Gasteiger partial charge in [-0.25, -0.2) is 0 Å². The molecule has 33 heavy (non-hydrogen) atoms. The molecule has 0 radical (unpaired) electrons. The molecule has 10 heteroatoms. The average Bonchev–Trinajstić information content (AvgIpc) is 3.31. The molecular formula is C23H21F2N5O2S. The van der Waals surface area contributed by atoms with Crippen LogP contribution in [0.5, 0.6) is 5.75 Å². The molecule has 0 bridgehead atoms. The lowest BCUT2D eigenvalue weighted by molar-refractivity contribution is -0.0498. The molecule has 0 fully saturated rings. The lowest BCUT2D eigenvalue weighted by atomic mass is 10.2. The largest absolute Gasteiger partial charge is 0.435 e. The third-order valence-electron chi connectivity index (χ3n) is 5.11. The van der Waals surface area contributed by atoms with E-state index < -0.39 is 6.61 Å². The third-order valence-corrected chi connectivity index (χ3v) is 6.13. The van der Waals surface area contributed by atoms with E-state index in [1.807, 2.05) is 54.3 Å². The van der Waals surface area contributed by atoms with Crippen LogP contribution in [-0.2, 0) is 7.05 Å². The van der Waals surface area contributed by atoms with Crippen molar-refractivity contribution in [2.24, 2.45) is 7.05 Å². The maximum Gasteiger partial charge on any atom is 0.387 e. The number of aryl methyl sites for hydroxylation is 1. The molecule has 170 valence electrons. The number of alkyl halides is 2. The van der Waals surface area contributed by atoms with Gasteiger partial charge in [0.15, 0.2) is 16.8 Å². The minimum atomic E-state index is -2.87. The van der Waals surface area contributed by atoms with Crippen LogP contribution in [0.3, 0.4) is 0 Å². The molecule has 0 aliphatic rings. The molecular weight excluding hydrogens is 448 g/mol. The first-order valence-corrected chi connectivity index (χ1v) is 11.0. The number of carbonyl (C=O) groups is 1. The van der Waals surface area contributed by atoms with E-state index in [0.29, 0.717) is 22.2 Å². The van der Waals surface area contributed by atoms with Crippen LogP contribution in [-0.4, -0.2) is 42.5 Å². The maximum absolute atomic E-state index is 13.0. The first-order valence-electron chi connectivity index (χ1n) is 10.1. The van der Waals surface area contributed by atoms with Crippen molar-refractivity contribution in [1.29, 1.82) is 0 Å². The van der Waals surface area contributed by atoms with E-state index in [1.54, 1.807) is 18.3 Å². The van der Waals surface area contributed by atoms with E-state index in [9.17, 15) is 13.6 Å². The van der Waals surface area contributed by atoms with Crippen LogP contribution in [0.1, 0.15) is 21.7 Å². The van der Waals surface area contributed by atoms with Crippen LogP contribution < -0.4 is 4.74 Å². The van der Waals surface area contributed by atoms with Gasteiger partial charge in [0, 0.05) is 35.9 Å². The van der Waals surface area contributed by atoms with Crippen LogP contribution in [0, 0.1) is 13.8 Å². The number of rotatable bonds is 8. The van der Waals surface area contributed by atoms with Gasteiger partial charge in [0.2, 0.25) is 0 Å². The van der Waals surface area contributed by atoms with Crippen LogP contribution in [0.2, 0.25) is 0 Å². The van der Waals surface area contributed by atoms with E-state index in [0.717, 1.165) is 17.1 Å². The Hall–Kier alpha value is -3.53. The minimum Gasteiger partial charge on any atom is -0.435 e. The molecule has 3 aromatic heterocycles. The number of ketones is 1. The molecule has 0 saturated heterocycles. The number of aromatic nitrogens is 5. The summed E-state index contributed by atoms with van der Waals surface area (Å²) in [4.78, 5) is 17.3. The Balaban J connectivity index is 1.49. The zero-order valence-electron chi connectivity index (χ0n) is 18.2. The Kier molecular flexibility index (Phi) is 6.55. The van der Waals surface area contributed by atoms with Crippen LogP contribution in [0.15, 0.2) is 59.9 Å². The van der Waals surface area contributed by atoms with Crippen molar-refractivity contribution in [3.05, 3.63) is 71.7 Å². The summed E-state index contributed by atoms with van der Waals surface area (Å²) in [6, 6.07) is 13.7. The van der Waals surface area contributed by atoms with Crippen LogP contribution in [0.4, 0.5) is 8.78 Å². The highest BCUT2D eigenvalue weighted by Crippen LogP contribution is 2.26. The quantitative estimate of drug-likeness (QED) is 0.271. The third kappa shape index (κ3) is 4.80. The van der Waals surface area contributed by atoms with Gasteiger partial charge >= 0.3 is 6.61 Å². The summed E-state index contributed by atoms with van der Waals surface area (Å²) in [5.74, 6) is 0.861. The van der Waals surface area contributed by atoms with Gasteiger partial charge in [-0.15, -0.1) is 10.2 Å². The number of benzene rings is 1. The molecule has 4 rings (SSSR count). The van der Waals surface area contributed by atoms with Crippen LogP contribution >= 0.6 is 11.8 Å². The normalized spacial score (nSPS) is 11.2. The molecule has 0 atom stereocenters. The summed E-state index contributed by atoms with van der Waals surface area (Å²) in [6.45, 7) is 0.875. The van der Waals surface area contributed by atoms with Crippen molar-refractivity contribution in [3.63, 3.8) is 0 Å². The fraction of sp³-hybridized carbons (Fsp3) is 0.217. The number of Topliss-reactive ketones (excluding diaryl/α,β-unsaturated/α-hetero) is 1. The highest BCUT2D eigenvalue weighted by atomic mass is 32.2. The molecule has 0 spiro atoms. The Bertz CT molecular complexity index is 1270. The smallest absolute Gasteiger partial charge is 0.387 e. The Morgan fingerprint density at radius 1 is 1.12 bits per heavy atom. The van der Waals surface area contributed by atoms with Crippen molar-refractivity contribution < 1.29 is 18.3 Å². The predicted molar refractivity (Wildman–Crippen MR) is 121 cm³/mol. The SMILES string of the molecule is Cc1cc(C(=O)CSc2nnc(-c3ccccn3)n2C)c(C)n1-c1ccc(OC(F)F)cc1. The van der Waals surface area contributed by atoms with Crippen LogP contribution in [0.25, 0.3) is 17.2 Å². The zero-order valence-corrected chi connectivity index (χ0v) is 19.0. The van der Waals surface area contributed by atoms with E-state index in [4.69, 9.17) is 0 Å². The number of carbonyl (C=O) groups excluding carboxylic acids is 1. The Morgan fingerprint density at radius 3 is 2.55 bits per heavy atom. The predicted octanol–water partition coefficient (Wildman–Crippen LogP) is 4.86. The topological polar surface area (TPSA) is 74.8 Å². The first kappa shape index (κ1) is 22.7. The van der Waals surface area contributed by atoms with Gasteiger partial charge in [0.1, 0.15) is 11.4 Å². The lowest BCUT2D eigenvalue weighted by Crippen LogP contribution is -2.07. The molecule has 0 unspecified atom stereocenters. The van der Waals surface area contributed by atoms with Crippen molar-refractivity contribution in [3.8, 4) is 23.0 Å². The van der Waals surface area contributed by atoms with Crippen molar-refractivity contribution in [2.45, 2.75) is 25.6 Å². The van der Waals surface area contributed by atoms with E-state index >= 15 is 0 Å². The fourth-order valence-corrected chi connectivity index (χ4v) is 4.38. The van der Waals surface area contributed by atoms with E-state index in [2.05, 4.69) is 19.9 Å². The fourth-order valence-electron chi connectivity index (χ4n) is 3.59. The molecule has 0 N–H and O–H groups in total.